The van der Waals surface area contributed by atoms with E-state index in [9.17, 15) is 17.6 Å². The first kappa shape index (κ1) is 18.6. The second-order valence-corrected chi connectivity index (χ2v) is 8.53. The Hall–Kier alpha value is -1.73. The van der Waals surface area contributed by atoms with Crippen molar-refractivity contribution in [1.29, 1.82) is 0 Å². The first-order valence-corrected chi connectivity index (χ1v) is 9.88. The van der Waals surface area contributed by atoms with Gasteiger partial charge in [-0.15, -0.1) is 0 Å². The average molecular weight is 414 g/mol. The van der Waals surface area contributed by atoms with Gasteiger partial charge in [0.25, 0.3) is 5.91 Å². The van der Waals surface area contributed by atoms with E-state index >= 15 is 0 Å². The van der Waals surface area contributed by atoms with Crippen LogP contribution in [0, 0.1) is 5.82 Å². The molecule has 0 unspecified atom stereocenters. The summed E-state index contributed by atoms with van der Waals surface area (Å²) in [6.45, 7) is 3.66. The summed E-state index contributed by atoms with van der Waals surface area (Å²) < 4.78 is 37.1. The fourth-order valence-corrected chi connectivity index (χ4v) is 3.34. The first-order valence-electron chi connectivity index (χ1n) is 7.20. The number of anilines is 1. The van der Waals surface area contributed by atoms with Crippen molar-refractivity contribution in [3.8, 4) is 0 Å². The molecule has 128 valence electrons. The molecule has 4 nitrogen and oxygen atoms in total. The molecule has 0 saturated heterocycles. The van der Waals surface area contributed by atoms with Crippen LogP contribution in [0.25, 0.3) is 0 Å². The average Bonchev–Trinajstić information content (AvgIpc) is 2.49. The maximum atomic E-state index is 13.5. The van der Waals surface area contributed by atoms with Crippen LogP contribution in [0.1, 0.15) is 24.2 Å². The number of amides is 1. The third-order valence-electron chi connectivity index (χ3n) is 3.44. The van der Waals surface area contributed by atoms with Gasteiger partial charge in [-0.2, -0.15) is 0 Å². The Kier molecular flexibility index (Phi) is 5.45. The molecule has 0 atom stereocenters. The molecule has 0 aliphatic heterocycles. The molecule has 0 fully saturated rings. The molecule has 24 heavy (non-hydrogen) atoms. The van der Waals surface area contributed by atoms with Gasteiger partial charge in [-0.3, -0.25) is 4.79 Å². The molecule has 0 heterocycles. The summed E-state index contributed by atoms with van der Waals surface area (Å²) in [6.07, 6.45) is 1.12. The van der Waals surface area contributed by atoms with E-state index in [0.717, 1.165) is 6.26 Å². The Bertz CT molecular complexity index is 864. The fourth-order valence-electron chi connectivity index (χ4n) is 2.29. The molecule has 0 aromatic heterocycles. The van der Waals surface area contributed by atoms with Crippen LogP contribution >= 0.6 is 15.9 Å². The second-order valence-electron chi connectivity index (χ2n) is 5.66. The Labute approximate surface area is 149 Å². The lowest BCUT2D eigenvalue weighted by molar-refractivity contribution is 0.0979. The van der Waals surface area contributed by atoms with E-state index in [-0.39, 0.29) is 22.4 Å². The number of benzene rings is 2. The summed E-state index contributed by atoms with van der Waals surface area (Å²) in [7, 11) is -3.31. The van der Waals surface area contributed by atoms with E-state index in [0.29, 0.717) is 10.2 Å². The number of nitrogens with zero attached hydrogens (tertiary/aromatic N) is 1. The molecule has 0 radical (unpaired) electrons. The number of hydrogen-bond acceptors (Lipinski definition) is 3. The topological polar surface area (TPSA) is 54.5 Å². The SMILES string of the molecule is CC(C)N(C(=O)c1cc(F)ccc1Br)c1ccc(S(C)(=O)=O)cc1. The third kappa shape index (κ3) is 4.02. The summed E-state index contributed by atoms with van der Waals surface area (Å²) in [5.41, 5.74) is 0.745. The standard InChI is InChI=1S/C17H17BrFNO3S/c1-11(2)20(13-5-7-14(8-6-13)24(3,22)23)17(21)15-10-12(19)4-9-16(15)18/h4-11H,1-3H3. The van der Waals surface area contributed by atoms with Crippen LogP contribution in [0.2, 0.25) is 0 Å². The Balaban J connectivity index is 2.46. The number of hydrogen-bond donors (Lipinski definition) is 0. The molecule has 2 rings (SSSR count). The van der Waals surface area contributed by atoms with Crippen molar-refractivity contribution in [2.45, 2.75) is 24.8 Å². The quantitative estimate of drug-likeness (QED) is 0.759. The van der Waals surface area contributed by atoms with Crippen LogP contribution < -0.4 is 4.90 Å². The van der Waals surface area contributed by atoms with Crippen molar-refractivity contribution in [2.24, 2.45) is 0 Å². The highest BCUT2D eigenvalue weighted by Crippen LogP contribution is 2.26. The number of carbonyl (C=O) groups excluding carboxylic acids is 1. The smallest absolute Gasteiger partial charge is 0.259 e. The van der Waals surface area contributed by atoms with Gasteiger partial charge in [0.1, 0.15) is 5.82 Å². The highest BCUT2D eigenvalue weighted by atomic mass is 79.9. The van der Waals surface area contributed by atoms with Gasteiger partial charge in [-0.1, -0.05) is 0 Å². The van der Waals surface area contributed by atoms with Crippen LogP contribution in [0.4, 0.5) is 10.1 Å². The lowest BCUT2D eigenvalue weighted by atomic mass is 10.1. The molecule has 0 aliphatic carbocycles. The van der Waals surface area contributed by atoms with Crippen LogP contribution in [0.15, 0.2) is 51.8 Å². The molecule has 0 aliphatic rings. The molecule has 2 aromatic rings. The van der Waals surface area contributed by atoms with Crippen molar-refractivity contribution < 1.29 is 17.6 Å². The number of rotatable bonds is 4. The predicted molar refractivity (Wildman–Crippen MR) is 95.6 cm³/mol. The van der Waals surface area contributed by atoms with Crippen LogP contribution in [0.3, 0.4) is 0 Å². The molecule has 0 bridgehead atoms. The van der Waals surface area contributed by atoms with Crippen molar-refractivity contribution in [2.75, 3.05) is 11.2 Å². The van der Waals surface area contributed by atoms with E-state index in [1.54, 1.807) is 12.1 Å². The van der Waals surface area contributed by atoms with E-state index in [4.69, 9.17) is 0 Å². The Morgan fingerprint density at radius 1 is 1.12 bits per heavy atom. The minimum Gasteiger partial charge on any atom is -0.306 e. The maximum Gasteiger partial charge on any atom is 0.259 e. The summed E-state index contributed by atoms with van der Waals surface area (Å²) >= 11 is 3.27. The lowest BCUT2D eigenvalue weighted by Gasteiger charge is -2.27. The van der Waals surface area contributed by atoms with Crippen molar-refractivity contribution in [3.63, 3.8) is 0 Å². The van der Waals surface area contributed by atoms with Gasteiger partial charge < -0.3 is 4.90 Å². The maximum absolute atomic E-state index is 13.5. The predicted octanol–water partition coefficient (Wildman–Crippen LogP) is 4.05. The lowest BCUT2D eigenvalue weighted by Crippen LogP contribution is -2.37. The van der Waals surface area contributed by atoms with Gasteiger partial charge in [-0.25, -0.2) is 12.8 Å². The first-order chi connectivity index (χ1) is 11.1. The Morgan fingerprint density at radius 2 is 1.71 bits per heavy atom. The molecule has 2 aromatic carbocycles. The van der Waals surface area contributed by atoms with Gasteiger partial charge in [0.2, 0.25) is 0 Å². The normalized spacial score (nSPS) is 11.6. The second kappa shape index (κ2) is 7.03. The summed E-state index contributed by atoms with van der Waals surface area (Å²) in [5, 5.41) is 0. The zero-order chi connectivity index (χ0) is 18.1. The highest BCUT2D eigenvalue weighted by molar-refractivity contribution is 9.10. The van der Waals surface area contributed by atoms with E-state index < -0.39 is 15.7 Å². The zero-order valence-electron chi connectivity index (χ0n) is 13.5. The van der Waals surface area contributed by atoms with Gasteiger partial charge in [0.15, 0.2) is 9.84 Å². The van der Waals surface area contributed by atoms with Gasteiger partial charge in [-0.05, 0) is 72.2 Å². The summed E-state index contributed by atoms with van der Waals surface area (Å²) in [5.74, 6) is -0.874. The molecule has 0 saturated carbocycles. The van der Waals surface area contributed by atoms with Crippen LogP contribution in [-0.2, 0) is 9.84 Å². The minimum atomic E-state index is -3.31. The zero-order valence-corrected chi connectivity index (χ0v) is 15.9. The van der Waals surface area contributed by atoms with Crippen LogP contribution in [0.5, 0.6) is 0 Å². The molecule has 0 N–H and O–H groups in total. The van der Waals surface area contributed by atoms with E-state index in [1.807, 2.05) is 13.8 Å². The Morgan fingerprint density at radius 3 is 2.21 bits per heavy atom. The molecule has 7 heteroatoms. The van der Waals surface area contributed by atoms with Gasteiger partial charge in [0.05, 0.1) is 10.5 Å². The number of sulfone groups is 1. The summed E-state index contributed by atoms with van der Waals surface area (Å²) in [4.78, 5) is 14.5. The van der Waals surface area contributed by atoms with Gasteiger partial charge in [0, 0.05) is 22.5 Å². The number of carbonyl (C=O) groups is 1. The largest absolute Gasteiger partial charge is 0.306 e. The highest BCUT2D eigenvalue weighted by Gasteiger charge is 2.23. The van der Waals surface area contributed by atoms with Crippen molar-refractivity contribution in [3.05, 3.63) is 58.3 Å². The third-order valence-corrected chi connectivity index (χ3v) is 5.26. The van der Waals surface area contributed by atoms with E-state index in [2.05, 4.69) is 15.9 Å². The van der Waals surface area contributed by atoms with E-state index in [1.165, 1.54) is 35.2 Å². The molecular weight excluding hydrogens is 397 g/mol. The number of halogens is 2. The summed E-state index contributed by atoms with van der Waals surface area (Å²) in [6, 6.07) is 9.77. The van der Waals surface area contributed by atoms with Crippen molar-refractivity contribution >= 4 is 37.4 Å². The molecule has 0 spiro atoms. The van der Waals surface area contributed by atoms with Crippen molar-refractivity contribution in [1.82, 2.24) is 0 Å². The fraction of sp³-hybridized carbons (Fsp3) is 0.235. The molecule has 1 amide bonds. The molecular formula is C17H17BrFNO3S. The minimum absolute atomic E-state index is 0.175. The van der Waals surface area contributed by atoms with Gasteiger partial charge >= 0.3 is 0 Å². The van der Waals surface area contributed by atoms with Crippen LogP contribution in [-0.4, -0.2) is 26.6 Å². The monoisotopic (exact) mass is 413 g/mol.